The zero-order valence-corrected chi connectivity index (χ0v) is 27.7. The second kappa shape index (κ2) is 15.5. The quantitative estimate of drug-likeness (QED) is 0.305. The number of methoxy groups -OCH3 is 1. The molecule has 2 atom stereocenters. The first kappa shape index (κ1) is 35.5. The molecule has 2 aromatic carbocycles. The second-order valence-corrected chi connectivity index (χ2v) is 12.1. The maximum atomic E-state index is 15.8. The maximum absolute atomic E-state index is 15.8. The first-order valence-corrected chi connectivity index (χ1v) is 16.0. The van der Waals surface area contributed by atoms with Gasteiger partial charge in [-0.25, -0.2) is 9.18 Å². The van der Waals surface area contributed by atoms with E-state index in [0.29, 0.717) is 31.8 Å². The molecule has 47 heavy (non-hydrogen) atoms. The molecule has 12 nitrogen and oxygen atoms in total. The number of nitrogens with zero attached hydrogens (tertiary/aromatic N) is 3. The van der Waals surface area contributed by atoms with E-state index in [1.807, 2.05) is 24.3 Å². The van der Waals surface area contributed by atoms with E-state index in [0.717, 1.165) is 11.6 Å². The Labute approximate surface area is 274 Å². The lowest BCUT2D eigenvalue weighted by molar-refractivity contribution is -0.132. The number of halogens is 1. The van der Waals surface area contributed by atoms with E-state index in [1.54, 1.807) is 34.8 Å². The highest BCUT2D eigenvalue weighted by Gasteiger charge is 2.43. The maximum Gasteiger partial charge on any atom is 0.407 e. The largest absolute Gasteiger partial charge is 0.493 e. The molecule has 2 heterocycles. The number of amides is 4. The molecule has 0 saturated carbocycles. The number of rotatable bonds is 13. The van der Waals surface area contributed by atoms with E-state index < -0.39 is 35.4 Å². The van der Waals surface area contributed by atoms with E-state index in [-0.39, 0.29) is 68.0 Å². The summed E-state index contributed by atoms with van der Waals surface area (Å²) in [7, 11) is 1.63. The molecule has 2 aromatic rings. The number of hydrogen-bond acceptors (Lipinski definition) is 7. The van der Waals surface area contributed by atoms with Crippen LogP contribution < -0.4 is 19.7 Å². The van der Waals surface area contributed by atoms with Crippen LogP contribution in [0.25, 0.3) is 0 Å². The summed E-state index contributed by atoms with van der Waals surface area (Å²) in [4.78, 5) is 55.7. The van der Waals surface area contributed by atoms with Crippen LogP contribution in [0.4, 0.5) is 14.9 Å². The molecule has 0 spiro atoms. The Morgan fingerprint density at radius 2 is 1.94 bits per heavy atom. The zero-order chi connectivity index (χ0) is 34.3. The van der Waals surface area contributed by atoms with Gasteiger partial charge in [0.05, 0.1) is 23.9 Å². The van der Waals surface area contributed by atoms with Gasteiger partial charge >= 0.3 is 6.09 Å². The Balaban J connectivity index is 1.68. The van der Waals surface area contributed by atoms with Crippen molar-refractivity contribution in [1.29, 1.82) is 0 Å². The Morgan fingerprint density at radius 1 is 1.17 bits per heavy atom. The minimum atomic E-state index is -1.30. The summed E-state index contributed by atoms with van der Waals surface area (Å²) in [5, 5.41) is 12.6. The highest BCUT2D eigenvalue weighted by atomic mass is 19.1. The third-order valence-corrected chi connectivity index (χ3v) is 8.58. The van der Waals surface area contributed by atoms with Crippen LogP contribution >= 0.6 is 0 Å². The van der Waals surface area contributed by atoms with Crippen LogP contribution in [0.5, 0.6) is 11.5 Å². The molecular weight excluding hydrogens is 611 g/mol. The molecule has 4 amide bonds. The Hall–Kier alpha value is -4.39. The minimum Gasteiger partial charge on any atom is -0.493 e. The van der Waals surface area contributed by atoms with E-state index in [2.05, 4.69) is 5.32 Å². The molecule has 4 rings (SSSR count). The number of anilines is 1. The van der Waals surface area contributed by atoms with Crippen LogP contribution in [0.15, 0.2) is 36.4 Å². The van der Waals surface area contributed by atoms with Gasteiger partial charge in [0.1, 0.15) is 17.3 Å². The molecule has 0 bridgehead atoms. The summed E-state index contributed by atoms with van der Waals surface area (Å²) in [5.41, 5.74) is -0.479. The molecule has 0 radical (unpaired) electrons. The number of fused-ring (bicyclic) bond motifs is 1. The first-order valence-electron chi connectivity index (χ1n) is 16.0. The Kier molecular flexibility index (Phi) is 11.7. The van der Waals surface area contributed by atoms with E-state index in [4.69, 9.17) is 14.2 Å². The summed E-state index contributed by atoms with van der Waals surface area (Å²) in [5.74, 6) is -1.56. The van der Waals surface area contributed by atoms with Crippen molar-refractivity contribution in [3.63, 3.8) is 0 Å². The van der Waals surface area contributed by atoms with Crippen LogP contribution in [0, 0.1) is 5.82 Å². The number of ether oxygens (including phenoxy) is 3. The molecule has 0 aromatic heterocycles. The van der Waals surface area contributed by atoms with E-state index >= 15 is 4.39 Å². The fourth-order valence-corrected chi connectivity index (χ4v) is 6.13. The van der Waals surface area contributed by atoms with E-state index in [9.17, 15) is 24.3 Å². The average Bonchev–Trinajstić information content (AvgIpc) is 3.04. The highest BCUT2D eigenvalue weighted by molar-refractivity contribution is 6.04. The summed E-state index contributed by atoms with van der Waals surface area (Å²) in [6.45, 7) is 8.36. The van der Waals surface area contributed by atoms with Crippen molar-refractivity contribution < 1.29 is 42.9 Å². The monoisotopic (exact) mass is 656 g/mol. The fourth-order valence-electron chi connectivity index (χ4n) is 6.13. The van der Waals surface area contributed by atoms with Gasteiger partial charge in [-0.3, -0.25) is 14.4 Å². The van der Waals surface area contributed by atoms with Gasteiger partial charge in [0.2, 0.25) is 5.91 Å². The third-order valence-electron chi connectivity index (χ3n) is 8.58. The van der Waals surface area contributed by atoms with Crippen LogP contribution in [-0.2, 0) is 14.3 Å². The summed E-state index contributed by atoms with van der Waals surface area (Å²) >= 11 is 0. The lowest BCUT2D eigenvalue weighted by Crippen LogP contribution is -2.55. The van der Waals surface area contributed by atoms with Crippen LogP contribution in [-0.4, -0.2) is 103 Å². The predicted molar refractivity (Wildman–Crippen MR) is 173 cm³/mol. The number of benzene rings is 2. The molecule has 1 fully saturated rings. The van der Waals surface area contributed by atoms with Crippen molar-refractivity contribution >= 4 is 29.5 Å². The average molecular weight is 657 g/mol. The zero-order valence-electron chi connectivity index (χ0n) is 27.7. The Morgan fingerprint density at radius 3 is 2.62 bits per heavy atom. The minimum absolute atomic E-state index is 0.0318. The van der Waals surface area contributed by atoms with Crippen LogP contribution in [0.2, 0.25) is 0 Å². The van der Waals surface area contributed by atoms with Gasteiger partial charge < -0.3 is 39.3 Å². The van der Waals surface area contributed by atoms with Gasteiger partial charge in [0.25, 0.3) is 11.8 Å². The number of hydrogen-bond donors (Lipinski definition) is 2. The van der Waals surface area contributed by atoms with Gasteiger partial charge in [-0.1, -0.05) is 19.1 Å². The van der Waals surface area contributed by atoms with Crippen molar-refractivity contribution in [2.24, 2.45) is 0 Å². The molecule has 13 heteroatoms. The smallest absolute Gasteiger partial charge is 0.407 e. The standard InChI is InChI=1S/C34H45FN4O8/c1-6-30(40)36-13-15-39-27-19-25(26(35)20-29(27)47-34(3,4)32(39)42)31(41)38(7-2)28-21-37(33(43)44)14-12-24(28)22-10-8-11-23(18-22)46-17-9-16-45-5/h8,10-11,18-20,24,28H,6-7,9,12-17,21H2,1-5H3,(H,36,40)(H,43,44)/t24-,28+/m1/s1. The van der Waals surface area contributed by atoms with Gasteiger partial charge in [0.15, 0.2) is 5.60 Å². The number of likely N-dealkylation sites (N-methyl/N-ethyl adjacent to an activating group) is 1. The molecule has 0 aliphatic carbocycles. The Bertz CT molecular complexity index is 1470. The van der Waals surface area contributed by atoms with Crippen molar-refractivity contribution in [3.8, 4) is 11.5 Å². The van der Waals surface area contributed by atoms with Crippen molar-refractivity contribution in [2.75, 3.05) is 57.9 Å². The van der Waals surface area contributed by atoms with Crippen molar-refractivity contribution in [1.82, 2.24) is 15.1 Å². The number of carboxylic acid groups (broad SMARTS) is 1. The number of piperidine rings is 1. The number of nitrogens with one attached hydrogen (secondary N) is 1. The number of carbonyl (C=O) groups excluding carboxylic acids is 3. The molecule has 256 valence electrons. The summed E-state index contributed by atoms with van der Waals surface area (Å²) in [6, 6.07) is 9.33. The molecule has 1 saturated heterocycles. The van der Waals surface area contributed by atoms with Gasteiger partial charge in [-0.05, 0) is 51.0 Å². The third kappa shape index (κ3) is 8.13. The molecule has 2 N–H and O–H groups in total. The summed E-state index contributed by atoms with van der Waals surface area (Å²) in [6.07, 6.45) is 0.332. The predicted octanol–water partition coefficient (Wildman–Crippen LogP) is 4.27. The highest BCUT2D eigenvalue weighted by Crippen LogP contribution is 2.40. The van der Waals surface area contributed by atoms with Crippen molar-refractivity contribution in [2.45, 2.75) is 64.5 Å². The SMILES string of the molecule is CCC(=O)NCCN1C(=O)C(C)(C)Oc2cc(F)c(C(=O)N(CC)[C@H]3CN(C(=O)O)CC[C@@H]3c3cccc(OCCCOC)c3)cc21. The number of carbonyl (C=O) groups is 4. The van der Waals surface area contributed by atoms with Gasteiger partial charge in [0, 0.05) is 71.3 Å². The first-order chi connectivity index (χ1) is 22.4. The lowest BCUT2D eigenvalue weighted by atomic mass is 9.84. The molecule has 0 unspecified atom stereocenters. The van der Waals surface area contributed by atoms with E-state index in [1.165, 1.54) is 20.8 Å². The topological polar surface area (TPSA) is 138 Å². The van der Waals surface area contributed by atoms with Crippen LogP contribution in [0.1, 0.15) is 68.8 Å². The van der Waals surface area contributed by atoms with Gasteiger partial charge in [-0.2, -0.15) is 0 Å². The fraction of sp³-hybridized carbons (Fsp3) is 0.529. The van der Waals surface area contributed by atoms with Crippen LogP contribution in [0.3, 0.4) is 0 Å². The van der Waals surface area contributed by atoms with Gasteiger partial charge in [-0.15, -0.1) is 0 Å². The summed E-state index contributed by atoms with van der Waals surface area (Å²) < 4.78 is 32.7. The molecular formula is C34H45FN4O8. The second-order valence-electron chi connectivity index (χ2n) is 12.1. The molecule has 2 aliphatic heterocycles. The lowest BCUT2D eigenvalue weighted by Gasteiger charge is -2.43. The molecule has 2 aliphatic rings. The van der Waals surface area contributed by atoms with Crippen molar-refractivity contribution in [3.05, 3.63) is 53.3 Å². The normalized spacial score (nSPS) is 18.6. The number of likely N-dealkylation sites (tertiary alicyclic amines) is 1.